The van der Waals surface area contributed by atoms with Crippen LogP contribution < -0.4 is 21.1 Å². The van der Waals surface area contributed by atoms with Crippen molar-refractivity contribution >= 4 is 11.5 Å². The molecule has 0 unspecified atom stereocenters. The molecular weight excluding hydrogens is 329 g/mol. The van der Waals surface area contributed by atoms with Crippen LogP contribution in [0.5, 0.6) is 5.75 Å². The number of carboxylic acid groups (broad SMARTS) is 1. The zero-order chi connectivity index (χ0) is 18.3. The van der Waals surface area contributed by atoms with E-state index in [1.807, 2.05) is 25.1 Å². The number of rotatable bonds is 4. The highest BCUT2D eigenvalue weighted by molar-refractivity contribution is 5.70. The van der Waals surface area contributed by atoms with E-state index in [0.717, 1.165) is 29.8 Å². The summed E-state index contributed by atoms with van der Waals surface area (Å²) in [5.41, 5.74) is 5.59. The van der Waals surface area contributed by atoms with E-state index in [1.165, 1.54) is 0 Å². The largest absolute Gasteiger partial charge is 0.542 e. The molecule has 2 rings (SSSR count). The zero-order valence-corrected chi connectivity index (χ0v) is 12.9. The first-order chi connectivity index (χ1) is 11.1. The van der Waals surface area contributed by atoms with Crippen molar-refractivity contribution in [2.75, 3.05) is 13.2 Å². The van der Waals surface area contributed by atoms with Crippen LogP contribution in [0.4, 0.5) is 13.2 Å². The van der Waals surface area contributed by atoms with Gasteiger partial charge in [0.1, 0.15) is 11.7 Å². The second-order valence-corrected chi connectivity index (χ2v) is 4.87. The molecule has 2 aromatic heterocycles. The molecule has 3 N–H and O–H groups in total. The van der Waals surface area contributed by atoms with Crippen LogP contribution in [0.15, 0.2) is 35.3 Å². The second-order valence-electron chi connectivity index (χ2n) is 4.87. The Labute approximate surface area is 135 Å². The monoisotopic (exact) mass is 346 g/mol. The van der Waals surface area contributed by atoms with Gasteiger partial charge in [-0.05, 0) is 30.7 Å². The number of halogens is 3. The van der Waals surface area contributed by atoms with E-state index in [9.17, 15) is 18.0 Å². The molecule has 0 atom stereocenters. The van der Waals surface area contributed by atoms with Crippen molar-refractivity contribution in [2.24, 2.45) is 0 Å². The van der Waals surface area contributed by atoms with Gasteiger partial charge in [0.25, 0.3) is 5.56 Å². The molecule has 0 aliphatic heterocycles. The summed E-state index contributed by atoms with van der Waals surface area (Å²) in [6, 6.07) is 7.37. The summed E-state index contributed by atoms with van der Waals surface area (Å²) in [6.45, 7) is 3.41. The van der Waals surface area contributed by atoms with Gasteiger partial charge in [-0.3, -0.25) is 9.20 Å². The molecule has 132 valence electrons. The molecule has 0 spiro atoms. The third-order valence-corrected chi connectivity index (χ3v) is 2.81. The van der Waals surface area contributed by atoms with Gasteiger partial charge in [0.2, 0.25) is 0 Å². The highest BCUT2D eigenvalue weighted by Crippen LogP contribution is 2.13. The first-order valence-corrected chi connectivity index (χ1v) is 6.98. The molecule has 0 amide bonds. The minimum absolute atomic E-state index is 0.0254. The highest BCUT2D eigenvalue weighted by Gasteiger charge is 2.28. The van der Waals surface area contributed by atoms with Crippen LogP contribution >= 0.6 is 0 Å². The standard InChI is InChI=1S/C13H16N2O2.C2HF3O2/c1-10-7-11-3-4-12(17-6-2-5-14)9-15(11)13(16)8-10;3-2(4,5)1(6)7/h3-4,7-9H,2,5-6,14H2,1H3;(H,6,7). The van der Waals surface area contributed by atoms with Gasteiger partial charge < -0.3 is 20.4 Å². The Hall–Kier alpha value is -2.55. The number of aromatic nitrogens is 1. The van der Waals surface area contributed by atoms with E-state index >= 15 is 0 Å². The number of fused-ring (bicyclic) bond motifs is 1. The van der Waals surface area contributed by atoms with Gasteiger partial charge in [0.15, 0.2) is 0 Å². The van der Waals surface area contributed by atoms with E-state index in [4.69, 9.17) is 14.6 Å². The molecule has 0 aliphatic rings. The predicted molar refractivity (Wildman–Crippen MR) is 77.3 cm³/mol. The Balaban J connectivity index is 0.000000351. The quantitative estimate of drug-likeness (QED) is 0.783. The van der Waals surface area contributed by atoms with Crippen molar-refractivity contribution in [2.45, 2.75) is 19.5 Å². The SMILES string of the molecule is Cc1cc(=O)n2cc(OCCC[NH3+])ccc2c1.O=C([O-])C(F)(F)F. The van der Waals surface area contributed by atoms with Crippen LogP contribution in [0.1, 0.15) is 12.0 Å². The molecule has 0 aliphatic carbocycles. The molecule has 0 saturated heterocycles. The summed E-state index contributed by atoms with van der Waals surface area (Å²) < 4.78 is 38.7. The molecule has 0 saturated carbocycles. The Morgan fingerprint density at radius 1 is 1.33 bits per heavy atom. The zero-order valence-electron chi connectivity index (χ0n) is 12.9. The summed E-state index contributed by atoms with van der Waals surface area (Å²) in [4.78, 5) is 20.6. The normalized spacial score (nSPS) is 10.9. The number of aryl methyl sites for hydroxylation is 1. The average molecular weight is 346 g/mol. The Morgan fingerprint density at radius 2 is 1.96 bits per heavy atom. The lowest BCUT2D eigenvalue weighted by Crippen LogP contribution is -2.50. The Morgan fingerprint density at radius 3 is 2.50 bits per heavy atom. The number of carboxylic acids is 1. The van der Waals surface area contributed by atoms with E-state index in [2.05, 4.69) is 5.73 Å². The first kappa shape index (κ1) is 19.5. The topological polar surface area (TPSA) is 98.5 Å². The van der Waals surface area contributed by atoms with Crippen LogP contribution in [0.3, 0.4) is 0 Å². The van der Waals surface area contributed by atoms with Crippen LogP contribution in [-0.2, 0) is 4.79 Å². The number of hydrogen-bond acceptors (Lipinski definition) is 4. The molecule has 24 heavy (non-hydrogen) atoms. The maximum absolute atomic E-state index is 11.8. The first-order valence-electron chi connectivity index (χ1n) is 6.98. The number of nitrogens with zero attached hydrogens (tertiary/aromatic N) is 1. The molecule has 2 heterocycles. The summed E-state index contributed by atoms with van der Waals surface area (Å²) >= 11 is 0. The lowest BCUT2D eigenvalue weighted by Gasteiger charge is -2.07. The lowest BCUT2D eigenvalue weighted by molar-refractivity contribution is -0.368. The van der Waals surface area contributed by atoms with Crippen molar-refractivity contribution in [3.8, 4) is 5.75 Å². The lowest BCUT2D eigenvalue weighted by atomic mass is 10.2. The number of quaternary nitrogens is 1. The molecule has 0 aromatic carbocycles. The number of ether oxygens (including phenoxy) is 1. The fraction of sp³-hybridized carbons (Fsp3) is 0.333. The van der Waals surface area contributed by atoms with Crippen molar-refractivity contribution in [3.05, 3.63) is 46.4 Å². The highest BCUT2D eigenvalue weighted by atomic mass is 19.4. The van der Waals surface area contributed by atoms with Crippen LogP contribution in [-0.4, -0.2) is 29.7 Å². The van der Waals surface area contributed by atoms with Crippen molar-refractivity contribution in [1.29, 1.82) is 0 Å². The fourth-order valence-electron chi connectivity index (χ4n) is 1.72. The molecule has 0 bridgehead atoms. The molecule has 0 radical (unpaired) electrons. The van der Waals surface area contributed by atoms with Gasteiger partial charge in [0.05, 0.1) is 19.3 Å². The van der Waals surface area contributed by atoms with Gasteiger partial charge in [0, 0.05) is 18.0 Å². The van der Waals surface area contributed by atoms with Crippen LogP contribution in [0, 0.1) is 6.92 Å². The maximum atomic E-state index is 11.8. The van der Waals surface area contributed by atoms with Crippen LogP contribution in [0.25, 0.3) is 5.52 Å². The van der Waals surface area contributed by atoms with Gasteiger partial charge in [-0.15, -0.1) is 0 Å². The smallest absolute Gasteiger partial charge is 0.430 e. The summed E-state index contributed by atoms with van der Waals surface area (Å²) in [6.07, 6.45) is -2.54. The Bertz CT molecular complexity index is 756. The van der Waals surface area contributed by atoms with Gasteiger partial charge in [-0.1, -0.05) is 0 Å². The minimum Gasteiger partial charge on any atom is -0.542 e. The average Bonchev–Trinajstić information content (AvgIpc) is 2.47. The fourth-order valence-corrected chi connectivity index (χ4v) is 1.72. The molecule has 9 heteroatoms. The van der Waals surface area contributed by atoms with Crippen molar-refractivity contribution in [3.63, 3.8) is 0 Å². The number of hydrogen-bond donors (Lipinski definition) is 1. The number of alkyl halides is 3. The number of pyridine rings is 2. The molecular formula is C15H17F3N2O4. The maximum Gasteiger partial charge on any atom is 0.430 e. The third kappa shape index (κ3) is 5.92. The van der Waals surface area contributed by atoms with E-state index in [1.54, 1.807) is 16.7 Å². The summed E-state index contributed by atoms with van der Waals surface area (Å²) in [5.74, 6) is -2.29. The predicted octanol–water partition coefficient (Wildman–Crippen LogP) is -0.0827. The Kier molecular flexibility index (Phi) is 6.78. The number of carbonyl (C=O) groups is 1. The van der Waals surface area contributed by atoms with Crippen molar-refractivity contribution < 1.29 is 33.5 Å². The van der Waals surface area contributed by atoms with Gasteiger partial charge in [-0.2, -0.15) is 13.2 Å². The van der Waals surface area contributed by atoms with Crippen molar-refractivity contribution in [1.82, 2.24) is 4.40 Å². The van der Waals surface area contributed by atoms with E-state index in [0.29, 0.717) is 6.61 Å². The van der Waals surface area contributed by atoms with Gasteiger partial charge >= 0.3 is 6.18 Å². The van der Waals surface area contributed by atoms with E-state index < -0.39 is 12.1 Å². The summed E-state index contributed by atoms with van der Waals surface area (Å²) in [5, 5.41) is 8.78. The number of carbonyl (C=O) groups excluding carboxylic acids is 1. The van der Waals surface area contributed by atoms with Crippen LogP contribution in [0.2, 0.25) is 0 Å². The molecule has 0 fully saturated rings. The second kappa shape index (κ2) is 8.34. The molecule has 2 aromatic rings. The molecule has 6 nitrogen and oxygen atoms in total. The van der Waals surface area contributed by atoms with E-state index in [-0.39, 0.29) is 5.56 Å². The van der Waals surface area contributed by atoms with Gasteiger partial charge in [-0.25, -0.2) is 0 Å². The number of aliphatic carboxylic acids is 1. The third-order valence-electron chi connectivity index (χ3n) is 2.81. The minimum atomic E-state index is -5.19. The summed E-state index contributed by atoms with van der Waals surface area (Å²) in [7, 11) is 0.